The summed E-state index contributed by atoms with van der Waals surface area (Å²) < 4.78 is 0. The minimum Gasteiger partial charge on any atom is -0.316 e. The van der Waals surface area contributed by atoms with Crippen LogP contribution in [-0.2, 0) is 0 Å². The molecule has 1 rings (SSSR count). The van der Waals surface area contributed by atoms with Gasteiger partial charge in [-0.15, -0.1) is 0 Å². The second-order valence-electron chi connectivity index (χ2n) is 5.29. The van der Waals surface area contributed by atoms with Gasteiger partial charge in [0.1, 0.15) is 0 Å². The molecular formula is C16H26ClNS. The van der Waals surface area contributed by atoms with Gasteiger partial charge in [-0.25, -0.2) is 0 Å². The number of nitrogens with one attached hydrogen (secondary N) is 1. The van der Waals surface area contributed by atoms with E-state index < -0.39 is 0 Å². The number of benzene rings is 1. The Hall–Kier alpha value is -0.180. The lowest BCUT2D eigenvalue weighted by Crippen LogP contribution is -2.25. The van der Waals surface area contributed by atoms with E-state index in [9.17, 15) is 0 Å². The van der Waals surface area contributed by atoms with Gasteiger partial charge < -0.3 is 5.32 Å². The molecule has 3 heteroatoms. The van der Waals surface area contributed by atoms with Crippen LogP contribution >= 0.6 is 23.4 Å². The van der Waals surface area contributed by atoms with Gasteiger partial charge in [-0.05, 0) is 54.0 Å². The zero-order valence-corrected chi connectivity index (χ0v) is 13.9. The monoisotopic (exact) mass is 299 g/mol. The van der Waals surface area contributed by atoms with Gasteiger partial charge in [-0.1, -0.05) is 44.5 Å². The van der Waals surface area contributed by atoms with Crippen molar-refractivity contribution in [3.63, 3.8) is 0 Å². The Bertz CT molecular complexity index is 337. The van der Waals surface area contributed by atoms with E-state index in [0.717, 1.165) is 18.1 Å². The maximum atomic E-state index is 5.97. The SMILES string of the molecule is CCSCCC(CNCC(C)C)c1ccc(Cl)cc1. The summed E-state index contributed by atoms with van der Waals surface area (Å²) >= 11 is 7.99. The normalized spacial score (nSPS) is 12.9. The standard InChI is InChI=1S/C16H26ClNS/c1-4-19-10-9-15(12-18-11-13(2)3)14-5-7-16(17)8-6-14/h5-8,13,15,18H,4,9-12H2,1-3H3. The van der Waals surface area contributed by atoms with Crippen molar-refractivity contribution in [2.45, 2.75) is 33.1 Å². The quantitative estimate of drug-likeness (QED) is 0.657. The van der Waals surface area contributed by atoms with E-state index in [1.54, 1.807) is 0 Å². The fraction of sp³-hybridized carbons (Fsp3) is 0.625. The third-order valence-electron chi connectivity index (χ3n) is 3.10. The summed E-state index contributed by atoms with van der Waals surface area (Å²) in [6, 6.07) is 8.33. The Labute approximate surface area is 127 Å². The van der Waals surface area contributed by atoms with Crippen LogP contribution in [0.3, 0.4) is 0 Å². The summed E-state index contributed by atoms with van der Waals surface area (Å²) in [6.45, 7) is 8.86. The van der Waals surface area contributed by atoms with Crippen LogP contribution in [0.25, 0.3) is 0 Å². The van der Waals surface area contributed by atoms with E-state index in [2.05, 4.69) is 38.2 Å². The minimum absolute atomic E-state index is 0.593. The van der Waals surface area contributed by atoms with Crippen LogP contribution in [0.5, 0.6) is 0 Å². The number of halogens is 1. The molecule has 19 heavy (non-hydrogen) atoms. The fourth-order valence-electron chi connectivity index (χ4n) is 2.04. The zero-order valence-electron chi connectivity index (χ0n) is 12.3. The molecule has 0 spiro atoms. The molecule has 108 valence electrons. The van der Waals surface area contributed by atoms with Crippen molar-refractivity contribution in [3.05, 3.63) is 34.9 Å². The molecule has 0 saturated carbocycles. The second-order valence-corrected chi connectivity index (χ2v) is 7.12. The molecule has 0 aromatic heterocycles. The molecule has 1 aromatic rings. The van der Waals surface area contributed by atoms with Gasteiger partial charge in [-0.3, -0.25) is 0 Å². The van der Waals surface area contributed by atoms with Crippen molar-refractivity contribution < 1.29 is 0 Å². The summed E-state index contributed by atoms with van der Waals surface area (Å²) in [5, 5.41) is 4.40. The summed E-state index contributed by atoms with van der Waals surface area (Å²) in [7, 11) is 0. The van der Waals surface area contributed by atoms with Gasteiger partial charge in [0.15, 0.2) is 0 Å². The molecule has 0 radical (unpaired) electrons. The molecule has 1 aromatic carbocycles. The van der Waals surface area contributed by atoms with Crippen LogP contribution in [0.4, 0.5) is 0 Å². The van der Waals surface area contributed by atoms with Crippen LogP contribution in [0.2, 0.25) is 5.02 Å². The van der Waals surface area contributed by atoms with E-state index in [1.807, 2.05) is 23.9 Å². The molecule has 0 bridgehead atoms. The molecule has 0 fully saturated rings. The van der Waals surface area contributed by atoms with E-state index in [4.69, 9.17) is 11.6 Å². The summed E-state index contributed by atoms with van der Waals surface area (Å²) in [5.41, 5.74) is 1.40. The van der Waals surface area contributed by atoms with E-state index >= 15 is 0 Å². The Morgan fingerprint density at radius 2 is 1.84 bits per heavy atom. The van der Waals surface area contributed by atoms with Crippen molar-refractivity contribution in [2.75, 3.05) is 24.6 Å². The highest BCUT2D eigenvalue weighted by atomic mass is 35.5. The summed E-state index contributed by atoms with van der Waals surface area (Å²) in [6.07, 6.45) is 1.23. The van der Waals surface area contributed by atoms with Crippen LogP contribution < -0.4 is 5.32 Å². The first-order chi connectivity index (χ1) is 9.13. The van der Waals surface area contributed by atoms with Crippen LogP contribution in [0, 0.1) is 5.92 Å². The molecule has 1 unspecified atom stereocenters. The lowest BCUT2D eigenvalue weighted by molar-refractivity contribution is 0.511. The van der Waals surface area contributed by atoms with Crippen molar-refractivity contribution in [1.82, 2.24) is 5.32 Å². The first-order valence-electron chi connectivity index (χ1n) is 7.17. The van der Waals surface area contributed by atoms with Gasteiger partial charge >= 0.3 is 0 Å². The third kappa shape index (κ3) is 7.24. The van der Waals surface area contributed by atoms with Crippen molar-refractivity contribution in [1.29, 1.82) is 0 Å². The van der Waals surface area contributed by atoms with Crippen LogP contribution in [0.1, 0.15) is 38.7 Å². The number of rotatable bonds is 9. The van der Waals surface area contributed by atoms with Crippen LogP contribution in [0.15, 0.2) is 24.3 Å². The average molecular weight is 300 g/mol. The van der Waals surface area contributed by atoms with Crippen molar-refractivity contribution >= 4 is 23.4 Å². The Kier molecular flexibility index (Phi) is 8.60. The lowest BCUT2D eigenvalue weighted by atomic mass is 9.96. The molecule has 1 nitrogen and oxygen atoms in total. The molecule has 0 heterocycles. The molecule has 1 N–H and O–H groups in total. The van der Waals surface area contributed by atoms with E-state index in [0.29, 0.717) is 11.8 Å². The van der Waals surface area contributed by atoms with Crippen molar-refractivity contribution in [2.24, 2.45) is 5.92 Å². The highest BCUT2D eigenvalue weighted by molar-refractivity contribution is 7.99. The van der Waals surface area contributed by atoms with E-state index in [-0.39, 0.29) is 0 Å². The molecule has 0 amide bonds. The molecule has 0 aliphatic rings. The van der Waals surface area contributed by atoms with Gasteiger partial charge in [0, 0.05) is 11.6 Å². The number of hydrogen-bond donors (Lipinski definition) is 1. The molecule has 1 atom stereocenters. The Morgan fingerprint density at radius 3 is 2.42 bits per heavy atom. The molecule has 0 saturated heterocycles. The predicted molar refractivity (Wildman–Crippen MR) is 89.5 cm³/mol. The maximum Gasteiger partial charge on any atom is 0.0406 e. The zero-order chi connectivity index (χ0) is 14.1. The van der Waals surface area contributed by atoms with E-state index in [1.165, 1.54) is 23.5 Å². The highest BCUT2D eigenvalue weighted by Gasteiger charge is 2.11. The average Bonchev–Trinajstić information content (AvgIpc) is 2.38. The first kappa shape index (κ1) is 16.9. The predicted octanol–water partition coefficient (Wildman–Crippen LogP) is 4.81. The molecule has 0 aliphatic heterocycles. The summed E-state index contributed by atoms with van der Waals surface area (Å²) in [4.78, 5) is 0. The fourth-order valence-corrected chi connectivity index (χ4v) is 2.90. The highest BCUT2D eigenvalue weighted by Crippen LogP contribution is 2.23. The maximum absolute atomic E-state index is 5.97. The first-order valence-corrected chi connectivity index (χ1v) is 8.70. The lowest BCUT2D eigenvalue weighted by Gasteiger charge is -2.19. The topological polar surface area (TPSA) is 12.0 Å². The Balaban J connectivity index is 2.54. The third-order valence-corrected chi connectivity index (χ3v) is 4.28. The minimum atomic E-state index is 0.593. The van der Waals surface area contributed by atoms with Gasteiger partial charge in [-0.2, -0.15) is 11.8 Å². The van der Waals surface area contributed by atoms with Crippen LogP contribution in [-0.4, -0.2) is 24.6 Å². The number of thioether (sulfide) groups is 1. The molecule has 0 aliphatic carbocycles. The summed E-state index contributed by atoms with van der Waals surface area (Å²) in [5.74, 6) is 3.73. The van der Waals surface area contributed by atoms with Gasteiger partial charge in [0.25, 0.3) is 0 Å². The largest absolute Gasteiger partial charge is 0.316 e. The second kappa shape index (κ2) is 9.68. The molecular weight excluding hydrogens is 274 g/mol. The number of hydrogen-bond acceptors (Lipinski definition) is 2. The van der Waals surface area contributed by atoms with Gasteiger partial charge in [0.2, 0.25) is 0 Å². The smallest absolute Gasteiger partial charge is 0.0406 e. The Morgan fingerprint density at radius 1 is 1.16 bits per heavy atom. The van der Waals surface area contributed by atoms with Gasteiger partial charge in [0.05, 0.1) is 0 Å². The van der Waals surface area contributed by atoms with Crippen molar-refractivity contribution in [3.8, 4) is 0 Å².